The van der Waals surface area contributed by atoms with Gasteiger partial charge in [0.15, 0.2) is 12.5 Å². The number of carbonyl (C=O) groups is 1. The minimum Gasteiger partial charge on any atom is -0.333 e. The fourth-order valence-corrected chi connectivity index (χ4v) is 0.961. The molecule has 0 amide bonds. The van der Waals surface area contributed by atoms with Gasteiger partial charge in [-0.1, -0.05) is 0 Å². The Bertz CT molecular complexity index is 170. The molecule has 1 aliphatic heterocycles. The number of rotatable bonds is 2. The van der Waals surface area contributed by atoms with Gasteiger partial charge >= 0.3 is 0 Å². The number of hydrazone groups is 1. The topological polar surface area (TPSA) is 44.7 Å². The van der Waals surface area contributed by atoms with Gasteiger partial charge in [-0.3, -0.25) is 10.2 Å². The van der Waals surface area contributed by atoms with Crippen molar-refractivity contribution in [2.24, 2.45) is 5.10 Å². The fraction of sp³-hybridized carbons (Fsp3) is 0.600. The Labute approximate surface area is 63.8 Å². The second kappa shape index (κ2) is 2.88. The molecule has 1 N–H and O–H groups in total. The van der Waals surface area contributed by atoms with Crippen molar-refractivity contribution in [1.29, 1.82) is 0 Å². The summed E-state index contributed by atoms with van der Waals surface area (Å²) in [5.41, 5.74) is 2.62. The van der Waals surface area contributed by atoms with Crippen LogP contribution < -0.4 is 5.43 Å². The lowest BCUT2D eigenvalue weighted by atomic mass is 10.5. The van der Waals surface area contributed by atoms with E-state index in [0.717, 1.165) is 6.29 Å². The SMILES string of the molecule is CN1C(CCl)=NNC1C=O. The number of likely N-dealkylation sites (N-methyl/N-ethyl adjacent to an activating group) is 1. The van der Waals surface area contributed by atoms with Gasteiger partial charge in [0.2, 0.25) is 0 Å². The van der Waals surface area contributed by atoms with Crippen LogP contribution in [0.3, 0.4) is 0 Å². The Morgan fingerprint density at radius 3 is 3.00 bits per heavy atom. The number of alkyl halides is 1. The highest BCUT2D eigenvalue weighted by atomic mass is 35.5. The molecule has 0 aromatic carbocycles. The molecule has 10 heavy (non-hydrogen) atoms. The highest BCUT2D eigenvalue weighted by Gasteiger charge is 2.21. The first-order valence-corrected chi connectivity index (χ1v) is 3.39. The average molecular weight is 162 g/mol. The molecule has 1 heterocycles. The summed E-state index contributed by atoms with van der Waals surface area (Å²) in [4.78, 5) is 12.0. The summed E-state index contributed by atoms with van der Waals surface area (Å²) in [6.45, 7) is 0. The average Bonchev–Trinajstić information content (AvgIpc) is 2.30. The Morgan fingerprint density at radius 1 is 2.00 bits per heavy atom. The van der Waals surface area contributed by atoms with E-state index in [4.69, 9.17) is 11.6 Å². The maximum Gasteiger partial charge on any atom is 0.172 e. The number of carbonyl (C=O) groups excluding carboxylic acids is 1. The minimum absolute atomic E-state index is 0.327. The molecule has 0 aliphatic carbocycles. The normalized spacial score (nSPS) is 24.0. The predicted octanol–water partition coefficient (Wildman–Crippen LogP) is -0.401. The summed E-state index contributed by atoms with van der Waals surface area (Å²) >= 11 is 5.50. The first-order chi connectivity index (χ1) is 4.79. The maximum absolute atomic E-state index is 10.3. The Hall–Kier alpha value is -0.770. The van der Waals surface area contributed by atoms with Gasteiger partial charge in [0.1, 0.15) is 5.84 Å². The van der Waals surface area contributed by atoms with Crippen LogP contribution in [0.15, 0.2) is 5.10 Å². The van der Waals surface area contributed by atoms with E-state index in [1.54, 1.807) is 11.9 Å². The first-order valence-electron chi connectivity index (χ1n) is 2.85. The molecular formula is C5H8ClN3O. The lowest BCUT2D eigenvalue weighted by Gasteiger charge is -2.15. The third-order valence-electron chi connectivity index (χ3n) is 1.40. The summed E-state index contributed by atoms with van der Waals surface area (Å²) in [7, 11) is 1.76. The Kier molecular flexibility index (Phi) is 2.11. The molecule has 4 nitrogen and oxygen atoms in total. The number of nitrogens with zero attached hydrogens (tertiary/aromatic N) is 2. The van der Waals surface area contributed by atoms with Crippen molar-refractivity contribution in [2.45, 2.75) is 6.17 Å². The van der Waals surface area contributed by atoms with Gasteiger partial charge in [-0.15, -0.1) is 11.6 Å². The monoisotopic (exact) mass is 161 g/mol. The predicted molar refractivity (Wildman–Crippen MR) is 38.9 cm³/mol. The van der Waals surface area contributed by atoms with Gasteiger partial charge in [-0.25, -0.2) is 0 Å². The highest BCUT2D eigenvalue weighted by Crippen LogP contribution is 2.01. The van der Waals surface area contributed by atoms with Crippen molar-refractivity contribution in [3.05, 3.63) is 0 Å². The molecule has 1 rings (SSSR count). The van der Waals surface area contributed by atoms with Crippen molar-refractivity contribution >= 4 is 23.7 Å². The van der Waals surface area contributed by atoms with Crippen LogP contribution in [0.25, 0.3) is 0 Å². The molecule has 1 unspecified atom stereocenters. The zero-order valence-corrected chi connectivity index (χ0v) is 6.30. The number of halogens is 1. The van der Waals surface area contributed by atoms with E-state index in [2.05, 4.69) is 10.5 Å². The van der Waals surface area contributed by atoms with Gasteiger partial charge in [-0.2, -0.15) is 5.10 Å². The zero-order valence-electron chi connectivity index (χ0n) is 5.54. The lowest BCUT2D eigenvalue weighted by Crippen LogP contribution is -2.38. The van der Waals surface area contributed by atoms with Gasteiger partial charge < -0.3 is 4.90 Å². The Balaban J connectivity index is 2.59. The molecule has 56 valence electrons. The second-order valence-electron chi connectivity index (χ2n) is 1.98. The van der Waals surface area contributed by atoms with Crippen molar-refractivity contribution in [1.82, 2.24) is 10.3 Å². The lowest BCUT2D eigenvalue weighted by molar-refractivity contribution is -0.111. The van der Waals surface area contributed by atoms with Crippen molar-refractivity contribution in [2.75, 3.05) is 12.9 Å². The van der Waals surface area contributed by atoms with Crippen LogP contribution in [-0.2, 0) is 4.79 Å². The number of hydrogen-bond acceptors (Lipinski definition) is 4. The molecule has 0 radical (unpaired) electrons. The number of amidine groups is 1. The Morgan fingerprint density at radius 2 is 2.70 bits per heavy atom. The van der Waals surface area contributed by atoms with Crippen LogP contribution in [0.2, 0.25) is 0 Å². The summed E-state index contributed by atoms with van der Waals surface area (Å²) < 4.78 is 0. The quantitative estimate of drug-likeness (QED) is 0.443. The van der Waals surface area contributed by atoms with Crippen molar-refractivity contribution < 1.29 is 4.79 Å². The van der Waals surface area contributed by atoms with E-state index in [-0.39, 0.29) is 6.17 Å². The van der Waals surface area contributed by atoms with Crippen LogP contribution in [-0.4, -0.2) is 36.1 Å². The third kappa shape index (κ3) is 1.07. The van der Waals surface area contributed by atoms with Crippen LogP contribution in [0.1, 0.15) is 0 Å². The number of nitrogens with one attached hydrogen (secondary N) is 1. The van der Waals surface area contributed by atoms with Crippen LogP contribution >= 0.6 is 11.6 Å². The molecule has 5 heteroatoms. The maximum atomic E-state index is 10.3. The first kappa shape index (κ1) is 7.34. The van der Waals surface area contributed by atoms with E-state index in [1.807, 2.05) is 0 Å². The van der Waals surface area contributed by atoms with Gasteiger partial charge in [-0.05, 0) is 0 Å². The molecule has 1 atom stereocenters. The summed E-state index contributed by atoms with van der Waals surface area (Å²) in [6, 6.07) is 0. The van der Waals surface area contributed by atoms with Gasteiger partial charge in [0.25, 0.3) is 0 Å². The van der Waals surface area contributed by atoms with E-state index in [1.165, 1.54) is 0 Å². The van der Waals surface area contributed by atoms with Crippen molar-refractivity contribution in [3.63, 3.8) is 0 Å². The smallest absolute Gasteiger partial charge is 0.172 e. The molecule has 0 aromatic rings. The molecule has 0 bridgehead atoms. The van der Waals surface area contributed by atoms with E-state index in [0.29, 0.717) is 11.7 Å². The fourth-order valence-electron chi connectivity index (χ4n) is 0.713. The van der Waals surface area contributed by atoms with E-state index in [9.17, 15) is 4.79 Å². The summed E-state index contributed by atoms with van der Waals surface area (Å²) in [5.74, 6) is 1.02. The molecule has 0 aromatic heterocycles. The number of hydrogen-bond donors (Lipinski definition) is 1. The molecule has 1 aliphatic rings. The molecule has 0 saturated carbocycles. The standard InChI is InChI=1S/C5H8ClN3O/c1-9-4(2-6)7-8-5(9)3-10/h3,5,8H,2H2,1H3. The van der Waals surface area contributed by atoms with Gasteiger partial charge in [0.05, 0.1) is 5.88 Å². The highest BCUT2D eigenvalue weighted by molar-refractivity contribution is 6.28. The van der Waals surface area contributed by atoms with Gasteiger partial charge in [0, 0.05) is 7.05 Å². The van der Waals surface area contributed by atoms with Crippen LogP contribution in [0.4, 0.5) is 0 Å². The molecule has 0 spiro atoms. The largest absolute Gasteiger partial charge is 0.333 e. The second-order valence-corrected chi connectivity index (χ2v) is 2.25. The molecular weight excluding hydrogens is 154 g/mol. The zero-order chi connectivity index (χ0) is 7.56. The summed E-state index contributed by atoms with van der Waals surface area (Å²) in [6.07, 6.45) is 0.442. The summed E-state index contributed by atoms with van der Waals surface area (Å²) in [5, 5.41) is 3.82. The number of aldehydes is 1. The van der Waals surface area contributed by atoms with Crippen molar-refractivity contribution in [3.8, 4) is 0 Å². The van der Waals surface area contributed by atoms with Crippen LogP contribution in [0, 0.1) is 0 Å². The third-order valence-corrected chi connectivity index (χ3v) is 1.64. The van der Waals surface area contributed by atoms with E-state index < -0.39 is 0 Å². The molecule has 0 saturated heterocycles. The molecule has 0 fully saturated rings. The van der Waals surface area contributed by atoms with E-state index >= 15 is 0 Å². The minimum atomic E-state index is -0.339. The van der Waals surface area contributed by atoms with Crippen LogP contribution in [0.5, 0.6) is 0 Å².